The maximum atomic E-state index is 13.7. The monoisotopic (exact) mass is 588 g/mol. The summed E-state index contributed by atoms with van der Waals surface area (Å²) in [5, 5.41) is 5.60. The standard InChI is InChI=1S/C33H39N3O5S/c1-33(2,3)28-14-10-25(11-15-28)30(21-23-6-8-26(9-7-23)31(37)35-19-20-42(39,40)41)32(38)36-29-16-12-24(13-17-29)27-5-4-18-34-22-27/h6-12,14-16,18,22,30H,4-5,13,17,19-21H2,1-3H3,(H,35,37)(H,36,38)(H,39,40,41)/p-1. The Hall–Kier alpha value is -3.82. The molecule has 1 unspecified atom stereocenters. The van der Waals surface area contributed by atoms with E-state index < -0.39 is 27.7 Å². The lowest BCUT2D eigenvalue weighted by molar-refractivity contribution is -0.121. The van der Waals surface area contributed by atoms with E-state index in [2.05, 4.69) is 54.6 Å². The van der Waals surface area contributed by atoms with Gasteiger partial charge in [-0.05, 0) is 83.6 Å². The van der Waals surface area contributed by atoms with E-state index in [1.165, 1.54) is 16.7 Å². The molecule has 4 rings (SSSR count). The molecule has 0 saturated heterocycles. The van der Waals surface area contributed by atoms with Crippen molar-refractivity contribution in [3.05, 3.63) is 106 Å². The van der Waals surface area contributed by atoms with Gasteiger partial charge in [0, 0.05) is 30.2 Å². The first-order valence-electron chi connectivity index (χ1n) is 14.2. The summed E-state index contributed by atoms with van der Waals surface area (Å²) in [6.45, 7) is 6.20. The van der Waals surface area contributed by atoms with Crippen molar-refractivity contribution in [3.8, 4) is 0 Å². The van der Waals surface area contributed by atoms with E-state index in [1.807, 2.05) is 30.6 Å². The van der Waals surface area contributed by atoms with Gasteiger partial charge in [-0.15, -0.1) is 0 Å². The number of nitrogens with one attached hydrogen (secondary N) is 2. The van der Waals surface area contributed by atoms with Crippen LogP contribution in [0.25, 0.3) is 0 Å². The zero-order chi connectivity index (χ0) is 30.3. The van der Waals surface area contributed by atoms with Crippen molar-refractivity contribution in [3.63, 3.8) is 0 Å². The van der Waals surface area contributed by atoms with Gasteiger partial charge in [-0.1, -0.05) is 63.2 Å². The van der Waals surface area contributed by atoms with Crippen LogP contribution in [0.4, 0.5) is 0 Å². The molecule has 8 nitrogen and oxygen atoms in total. The van der Waals surface area contributed by atoms with Crippen LogP contribution >= 0.6 is 0 Å². The summed E-state index contributed by atoms with van der Waals surface area (Å²) in [6.07, 6.45) is 11.9. The van der Waals surface area contributed by atoms with Crippen LogP contribution < -0.4 is 10.6 Å². The maximum Gasteiger partial charge on any atom is 0.251 e. The average molecular weight is 589 g/mol. The summed E-state index contributed by atoms with van der Waals surface area (Å²) in [6, 6.07) is 15.0. The molecule has 42 heavy (non-hydrogen) atoms. The molecular formula is C33H38N3O5S-. The summed E-state index contributed by atoms with van der Waals surface area (Å²) in [4.78, 5) is 30.4. The molecule has 0 bridgehead atoms. The van der Waals surface area contributed by atoms with Crippen molar-refractivity contribution in [2.75, 3.05) is 12.3 Å². The third kappa shape index (κ3) is 8.84. The molecule has 2 aromatic rings. The highest BCUT2D eigenvalue weighted by atomic mass is 32.2. The van der Waals surface area contributed by atoms with E-state index >= 15 is 0 Å². The van der Waals surface area contributed by atoms with Crippen LogP contribution in [0, 0.1) is 0 Å². The van der Waals surface area contributed by atoms with E-state index in [0.29, 0.717) is 12.0 Å². The number of rotatable bonds is 10. The van der Waals surface area contributed by atoms with Crippen LogP contribution in [0.1, 0.15) is 79.4 Å². The smallest absolute Gasteiger partial charge is 0.251 e. The highest BCUT2D eigenvalue weighted by Crippen LogP contribution is 2.30. The SMILES string of the molecule is CC(C)(C)c1ccc(C(Cc2ccc(C(=O)NCCS(=O)(=O)[O-])cc2)C(=O)NC2=CC=C(C3=CN=CCC3)CC2)cc1. The summed E-state index contributed by atoms with van der Waals surface area (Å²) >= 11 is 0. The molecule has 222 valence electrons. The van der Waals surface area contributed by atoms with Crippen LogP contribution in [0.3, 0.4) is 0 Å². The summed E-state index contributed by atoms with van der Waals surface area (Å²) in [5.41, 5.74) is 6.68. The number of allylic oxidation sites excluding steroid dienone is 5. The van der Waals surface area contributed by atoms with E-state index in [-0.39, 0.29) is 17.9 Å². The van der Waals surface area contributed by atoms with Crippen LogP contribution in [0.2, 0.25) is 0 Å². The largest absolute Gasteiger partial charge is 0.748 e. The molecule has 0 fully saturated rings. The normalized spacial score (nSPS) is 16.1. The Kier molecular flexibility index (Phi) is 9.96. The molecule has 0 aromatic heterocycles. The summed E-state index contributed by atoms with van der Waals surface area (Å²) in [7, 11) is -4.40. The first-order valence-corrected chi connectivity index (χ1v) is 15.8. The predicted molar refractivity (Wildman–Crippen MR) is 164 cm³/mol. The average Bonchev–Trinajstić information content (AvgIpc) is 2.96. The van der Waals surface area contributed by atoms with Gasteiger partial charge in [0.15, 0.2) is 0 Å². The highest BCUT2D eigenvalue weighted by Gasteiger charge is 2.24. The summed E-state index contributed by atoms with van der Waals surface area (Å²) in [5.74, 6) is -1.68. The molecule has 2 aromatic carbocycles. The quantitative estimate of drug-likeness (QED) is 0.375. The fraction of sp³-hybridized carbons (Fsp3) is 0.364. The van der Waals surface area contributed by atoms with Gasteiger partial charge < -0.3 is 15.2 Å². The second-order valence-electron chi connectivity index (χ2n) is 11.7. The van der Waals surface area contributed by atoms with Crippen molar-refractivity contribution in [2.45, 2.75) is 64.2 Å². The molecule has 1 atom stereocenters. The molecule has 1 heterocycles. The van der Waals surface area contributed by atoms with Gasteiger partial charge in [0.1, 0.15) is 0 Å². The number of hydrogen-bond donors (Lipinski definition) is 2. The van der Waals surface area contributed by atoms with Crippen LogP contribution in [-0.4, -0.2) is 43.3 Å². The Morgan fingerprint density at radius 1 is 0.952 bits per heavy atom. The van der Waals surface area contributed by atoms with E-state index in [1.54, 1.807) is 24.3 Å². The fourth-order valence-electron chi connectivity index (χ4n) is 5.00. The van der Waals surface area contributed by atoms with Crippen molar-refractivity contribution >= 4 is 28.1 Å². The molecular weight excluding hydrogens is 550 g/mol. The number of aliphatic imine (C=N–C) groups is 1. The van der Waals surface area contributed by atoms with E-state index in [0.717, 1.165) is 42.5 Å². The number of amides is 2. The van der Waals surface area contributed by atoms with Crippen LogP contribution in [-0.2, 0) is 26.7 Å². The molecule has 0 spiro atoms. The van der Waals surface area contributed by atoms with Crippen molar-refractivity contribution in [1.29, 1.82) is 0 Å². The van der Waals surface area contributed by atoms with E-state index in [4.69, 9.17) is 0 Å². The minimum Gasteiger partial charge on any atom is -0.748 e. The van der Waals surface area contributed by atoms with Gasteiger partial charge in [-0.2, -0.15) is 0 Å². The van der Waals surface area contributed by atoms with Crippen molar-refractivity contribution in [1.82, 2.24) is 10.6 Å². The van der Waals surface area contributed by atoms with Crippen molar-refractivity contribution in [2.24, 2.45) is 4.99 Å². The number of hydrogen-bond acceptors (Lipinski definition) is 6. The third-order valence-corrected chi connectivity index (χ3v) is 8.22. The fourth-order valence-corrected chi connectivity index (χ4v) is 5.35. The first kappa shape index (κ1) is 31.1. The van der Waals surface area contributed by atoms with Gasteiger partial charge in [-0.3, -0.25) is 14.6 Å². The highest BCUT2D eigenvalue weighted by molar-refractivity contribution is 7.85. The molecule has 0 saturated carbocycles. The Morgan fingerprint density at radius 3 is 2.24 bits per heavy atom. The molecule has 2 amide bonds. The zero-order valence-electron chi connectivity index (χ0n) is 24.4. The van der Waals surface area contributed by atoms with Crippen molar-refractivity contribution < 1.29 is 22.6 Å². The van der Waals surface area contributed by atoms with Crippen LogP contribution in [0.5, 0.6) is 0 Å². The predicted octanol–water partition coefficient (Wildman–Crippen LogP) is 5.05. The van der Waals surface area contributed by atoms with Gasteiger partial charge in [0.05, 0.1) is 21.8 Å². The first-order chi connectivity index (χ1) is 19.9. The molecule has 0 radical (unpaired) electrons. The minimum absolute atomic E-state index is 0.0133. The second kappa shape index (κ2) is 13.4. The molecule has 2 aliphatic rings. The minimum atomic E-state index is -4.40. The topological polar surface area (TPSA) is 128 Å². The van der Waals surface area contributed by atoms with Gasteiger partial charge in [0.2, 0.25) is 5.91 Å². The number of carbonyl (C=O) groups excluding carboxylic acids is 2. The third-order valence-electron chi connectivity index (χ3n) is 7.51. The summed E-state index contributed by atoms with van der Waals surface area (Å²) < 4.78 is 32.4. The molecule has 1 aliphatic heterocycles. The molecule has 2 N–H and O–H groups in total. The lowest BCUT2D eigenvalue weighted by Gasteiger charge is -2.23. The Labute approximate surface area is 248 Å². The maximum absolute atomic E-state index is 13.7. The van der Waals surface area contributed by atoms with E-state index in [9.17, 15) is 22.6 Å². The van der Waals surface area contributed by atoms with Gasteiger partial charge in [-0.25, -0.2) is 8.42 Å². The molecule has 1 aliphatic carbocycles. The Bertz CT molecular complexity index is 1530. The van der Waals surface area contributed by atoms with Crippen LogP contribution in [0.15, 0.2) is 88.7 Å². The Morgan fingerprint density at radius 2 is 1.67 bits per heavy atom. The second-order valence-corrected chi connectivity index (χ2v) is 13.3. The van der Waals surface area contributed by atoms with Gasteiger partial charge >= 0.3 is 0 Å². The zero-order valence-corrected chi connectivity index (χ0v) is 25.2. The number of nitrogens with zero attached hydrogens (tertiary/aromatic N) is 1. The van der Waals surface area contributed by atoms with Gasteiger partial charge in [0.25, 0.3) is 5.91 Å². The lowest BCUT2D eigenvalue weighted by Crippen LogP contribution is -2.31. The number of benzene rings is 2. The Balaban J connectivity index is 1.50. The number of carbonyl (C=O) groups is 2. The lowest BCUT2D eigenvalue weighted by atomic mass is 9.84. The molecule has 9 heteroatoms.